The van der Waals surface area contributed by atoms with E-state index >= 15 is 0 Å². The van der Waals surface area contributed by atoms with Crippen LogP contribution in [0.2, 0.25) is 0 Å². The molecule has 0 radical (unpaired) electrons. The Kier molecular flexibility index (Phi) is 4.71. The summed E-state index contributed by atoms with van der Waals surface area (Å²) in [6, 6.07) is 0. The number of nitrogens with zero attached hydrogens (tertiary/aromatic N) is 2. The SMILES string of the molecule is Cc1cnc(CNCCN2CCNCC2)s1. The monoisotopic (exact) mass is 240 g/mol. The lowest BCUT2D eigenvalue weighted by atomic mass is 10.3. The fraction of sp³-hybridized carbons (Fsp3) is 0.727. The molecule has 90 valence electrons. The molecule has 1 aromatic heterocycles. The summed E-state index contributed by atoms with van der Waals surface area (Å²) in [6.45, 7) is 9.82. The van der Waals surface area contributed by atoms with Gasteiger partial charge in [0.15, 0.2) is 0 Å². The third kappa shape index (κ3) is 3.83. The summed E-state index contributed by atoms with van der Waals surface area (Å²) in [4.78, 5) is 8.12. The molecule has 1 aliphatic rings. The van der Waals surface area contributed by atoms with E-state index in [0.29, 0.717) is 0 Å². The van der Waals surface area contributed by atoms with Crippen molar-refractivity contribution in [1.82, 2.24) is 20.5 Å². The number of rotatable bonds is 5. The van der Waals surface area contributed by atoms with Crippen LogP contribution in [0.15, 0.2) is 6.20 Å². The van der Waals surface area contributed by atoms with Gasteiger partial charge in [0.1, 0.15) is 5.01 Å². The Morgan fingerprint density at radius 2 is 2.31 bits per heavy atom. The van der Waals surface area contributed by atoms with Crippen LogP contribution in [0.4, 0.5) is 0 Å². The maximum absolute atomic E-state index is 4.33. The molecule has 0 atom stereocenters. The molecule has 0 aliphatic carbocycles. The third-order valence-corrected chi connectivity index (χ3v) is 3.67. The molecule has 0 aromatic carbocycles. The molecule has 5 heteroatoms. The average molecular weight is 240 g/mol. The highest BCUT2D eigenvalue weighted by Crippen LogP contribution is 2.10. The molecule has 2 N–H and O–H groups in total. The summed E-state index contributed by atoms with van der Waals surface area (Å²) >= 11 is 1.78. The van der Waals surface area contributed by atoms with E-state index in [1.165, 1.54) is 23.0 Å². The summed E-state index contributed by atoms with van der Waals surface area (Å²) < 4.78 is 0. The molecule has 2 heterocycles. The number of thiazole rings is 1. The van der Waals surface area contributed by atoms with Crippen molar-refractivity contribution in [3.63, 3.8) is 0 Å². The van der Waals surface area contributed by atoms with Crippen LogP contribution >= 0.6 is 11.3 Å². The smallest absolute Gasteiger partial charge is 0.107 e. The molecule has 0 unspecified atom stereocenters. The highest BCUT2D eigenvalue weighted by Gasteiger charge is 2.08. The minimum atomic E-state index is 0.907. The van der Waals surface area contributed by atoms with Crippen molar-refractivity contribution in [2.45, 2.75) is 13.5 Å². The van der Waals surface area contributed by atoms with Crippen molar-refractivity contribution < 1.29 is 0 Å². The number of nitrogens with one attached hydrogen (secondary N) is 2. The zero-order valence-electron chi connectivity index (χ0n) is 9.83. The van der Waals surface area contributed by atoms with Gasteiger partial charge in [-0.05, 0) is 6.92 Å². The standard InChI is InChI=1S/C11H20N4S/c1-10-8-14-11(16-10)9-13-4-7-15-5-2-12-3-6-15/h8,12-13H,2-7,9H2,1H3. The van der Waals surface area contributed by atoms with Gasteiger partial charge in [-0.3, -0.25) is 4.90 Å². The largest absolute Gasteiger partial charge is 0.314 e. The van der Waals surface area contributed by atoms with Crippen molar-refractivity contribution in [3.05, 3.63) is 16.1 Å². The first kappa shape index (κ1) is 12.0. The lowest BCUT2D eigenvalue weighted by Gasteiger charge is -2.27. The summed E-state index contributed by atoms with van der Waals surface area (Å²) in [6.07, 6.45) is 1.94. The zero-order chi connectivity index (χ0) is 11.2. The Bertz CT molecular complexity index is 307. The maximum atomic E-state index is 4.33. The summed E-state index contributed by atoms with van der Waals surface area (Å²) in [5.41, 5.74) is 0. The first-order valence-electron chi connectivity index (χ1n) is 5.90. The number of hydrogen-bond acceptors (Lipinski definition) is 5. The number of hydrogen-bond donors (Lipinski definition) is 2. The molecule has 1 aliphatic heterocycles. The minimum absolute atomic E-state index is 0.907. The predicted octanol–water partition coefficient (Wildman–Crippen LogP) is 0.446. The first-order chi connectivity index (χ1) is 7.84. The van der Waals surface area contributed by atoms with Gasteiger partial charge in [0.05, 0.1) is 0 Å². The van der Waals surface area contributed by atoms with Crippen molar-refractivity contribution in [2.75, 3.05) is 39.3 Å². The number of aryl methyl sites for hydroxylation is 1. The Morgan fingerprint density at radius 1 is 1.50 bits per heavy atom. The highest BCUT2D eigenvalue weighted by molar-refractivity contribution is 7.11. The molecule has 0 amide bonds. The van der Waals surface area contributed by atoms with E-state index in [1.807, 2.05) is 6.20 Å². The predicted molar refractivity (Wildman–Crippen MR) is 67.9 cm³/mol. The summed E-state index contributed by atoms with van der Waals surface area (Å²) in [5, 5.41) is 8.00. The quantitative estimate of drug-likeness (QED) is 0.733. The van der Waals surface area contributed by atoms with E-state index in [9.17, 15) is 0 Å². The molecule has 2 rings (SSSR count). The molecule has 16 heavy (non-hydrogen) atoms. The third-order valence-electron chi connectivity index (χ3n) is 2.76. The van der Waals surface area contributed by atoms with Gasteiger partial charge in [0, 0.05) is 56.9 Å². The Hall–Kier alpha value is -0.490. The van der Waals surface area contributed by atoms with Gasteiger partial charge in [-0.15, -0.1) is 11.3 Å². The van der Waals surface area contributed by atoms with E-state index in [0.717, 1.165) is 32.7 Å². The van der Waals surface area contributed by atoms with Crippen molar-refractivity contribution in [3.8, 4) is 0 Å². The molecule has 1 fully saturated rings. The fourth-order valence-corrected chi connectivity index (χ4v) is 2.61. The number of aromatic nitrogens is 1. The van der Waals surface area contributed by atoms with E-state index in [4.69, 9.17) is 0 Å². The lowest BCUT2D eigenvalue weighted by molar-refractivity contribution is 0.241. The van der Waals surface area contributed by atoms with Crippen LogP contribution in [0.5, 0.6) is 0 Å². The second kappa shape index (κ2) is 6.30. The van der Waals surface area contributed by atoms with Crippen LogP contribution in [-0.4, -0.2) is 49.2 Å². The number of piperazine rings is 1. The van der Waals surface area contributed by atoms with Gasteiger partial charge in [-0.1, -0.05) is 0 Å². The lowest BCUT2D eigenvalue weighted by Crippen LogP contribution is -2.45. The molecule has 1 saturated heterocycles. The van der Waals surface area contributed by atoms with E-state index < -0.39 is 0 Å². The van der Waals surface area contributed by atoms with Gasteiger partial charge in [0.25, 0.3) is 0 Å². The van der Waals surface area contributed by atoms with Gasteiger partial charge in [0.2, 0.25) is 0 Å². The zero-order valence-corrected chi connectivity index (χ0v) is 10.6. The highest BCUT2D eigenvalue weighted by atomic mass is 32.1. The molecular formula is C11H20N4S. The fourth-order valence-electron chi connectivity index (χ4n) is 1.85. The Morgan fingerprint density at radius 3 is 3.00 bits per heavy atom. The van der Waals surface area contributed by atoms with Crippen LogP contribution in [-0.2, 0) is 6.54 Å². The van der Waals surface area contributed by atoms with Crippen LogP contribution in [0.1, 0.15) is 9.88 Å². The van der Waals surface area contributed by atoms with Crippen LogP contribution < -0.4 is 10.6 Å². The second-order valence-corrected chi connectivity index (χ2v) is 5.45. The minimum Gasteiger partial charge on any atom is -0.314 e. The van der Waals surface area contributed by atoms with E-state index in [-0.39, 0.29) is 0 Å². The maximum Gasteiger partial charge on any atom is 0.107 e. The Labute approximate surface area is 101 Å². The molecular weight excluding hydrogens is 220 g/mol. The van der Waals surface area contributed by atoms with Crippen molar-refractivity contribution in [1.29, 1.82) is 0 Å². The molecule has 0 saturated carbocycles. The van der Waals surface area contributed by atoms with Crippen LogP contribution in [0.3, 0.4) is 0 Å². The van der Waals surface area contributed by atoms with E-state index in [2.05, 4.69) is 27.4 Å². The second-order valence-electron chi connectivity index (χ2n) is 4.13. The van der Waals surface area contributed by atoms with Crippen LogP contribution in [0.25, 0.3) is 0 Å². The molecule has 1 aromatic rings. The van der Waals surface area contributed by atoms with E-state index in [1.54, 1.807) is 11.3 Å². The molecule has 0 spiro atoms. The van der Waals surface area contributed by atoms with Crippen molar-refractivity contribution >= 4 is 11.3 Å². The van der Waals surface area contributed by atoms with Gasteiger partial charge in [-0.25, -0.2) is 4.98 Å². The van der Waals surface area contributed by atoms with Crippen molar-refractivity contribution in [2.24, 2.45) is 0 Å². The normalized spacial score (nSPS) is 17.8. The molecule has 4 nitrogen and oxygen atoms in total. The van der Waals surface area contributed by atoms with Gasteiger partial charge in [-0.2, -0.15) is 0 Å². The van der Waals surface area contributed by atoms with Crippen LogP contribution in [0, 0.1) is 6.92 Å². The average Bonchev–Trinajstić information content (AvgIpc) is 2.72. The summed E-state index contributed by atoms with van der Waals surface area (Å²) in [7, 11) is 0. The first-order valence-corrected chi connectivity index (χ1v) is 6.71. The Balaban J connectivity index is 1.57. The summed E-state index contributed by atoms with van der Waals surface area (Å²) in [5.74, 6) is 0. The van der Waals surface area contributed by atoms with Gasteiger partial charge < -0.3 is 10.6 Å². The molecule has 0 bridgehead atoms. The van der Waals surface area contributed by atoms with Gasteiger partial charge >= 0.3 is 0 Å². The topological polar surface area (TPSA) is 40.2 Å².